The number of hydrogen-bond donors (Lipinski definition) is 0. The molecule has 0 unspecified atom stereocenters. The highest BCUT2D eigenvalue weighted by Crippen LogP contribution is 2.16. The number of carbonyl (C=O) groups excluding carboxylic acids is 2. The van der Waals surface area contributed by atoms with E-state index >= 15 is 0 Å². The van der Waals surface area contributed by atoms with E-state index in [-0.39, 0.29) is 11.8 Å². The molecule has 0 atom stereocenters. The van der Waals surface area contributed by atoms with Crippen LogP contribution in [-0.2, 0) is 11.2 Å². The van der Waals surface area contributed by atoms with Crippen molar-refractivity contribution in [3.05, 3.63) is 70.0 Å². The van der Waals surface area contributed by atoms with Crippen LogP contribution in [0.3, 0.4) is 0 Å². The van der Waals surface area contributed by atoms with Gasteiger partial charge in [-0.3, -0.25) is 9.59 Å². The van der Waals surface area contributed by atoms with Crippen LogP contribution < -0.4 is 0 Å². The van der Waals surface area contributed by atoms with Crippen LogP contribution in [0.2, 0.25) is 5.02 Å². The minimum absolute atomic E-state index is 0.0290. The van der Waals surface area contributed by atoms with Crippen LogP contribution in [0.1, 0.15) is 21.5 Å². The van der Waals surface area contributed by atoms with Crippen molar-refractivity contribution in [1.29, 1.82) is 0 Å². The van der Waals surface area contributed by atoms with Crippen LogP contribution >= 0.6 is 11.6 Å². The zero-order valence-corrected chi connectivity index (χ0v) is 15.3. The molecule has 1 heterocycles. The van der Waals surface area contributed by atoms with Crippen molar-refractivity contribution in [2.45, 2.75) is 13.3 Å². The molecule has 1 aliphatic rings. The maximum atomic E-state index is 13.4. The topological polar surface area (TPSA) is 40.6 Å². The van der Waals surface area contributed by atoms with Crippen molar-refractivity contribution < 1.29 is 14.0 Å². The molecular formula is C20H20ClFN2O2. The minimum atomic E-state index is -0.421. The number of aryl methyl sites for hydroxylation is 1. The molecule has 2 aromatic rings. The van der Waals surface area contributed by atoms with Gasteiger partial charge in [0.1, 0.15) is 5.82 Å². The fraction of sp³-hybridized carbons (Fsp3) is 0.300. The van der Waals surface area contributed by atoms with Crippen LogP contribution in [0.4, 0.5) is 4.39 Å². The highest BCUT2D eigenvalue weighted by molar-refractivity contribution is 6.30. The number of piperazine rings is 1. The van der Waals surface area contributed by atoms with Gasteiger partial charge in [0.15, 0.2) is 0 Å². The zero-order valence-electron chi connectivity index (χ0n) is 14.5. The van der Waals surface area contributed by atoms with Crippen LogP contribution in [0.5, 0.6) is 0 Å². The van der Waals surface area contributed by atoms with Crippen molar-refractivity contribution in [2.24, 2.45) is 0 Å². The van der Waals surface area contributed by atoms with Crippen LogP contribution in [0.25, 0.3) is 0 Å². The molecule has 6 heteroatoms. The van der Waals surface area contributed by atoms with Crippen molar-refractivity contribution in [3.8, 4) is 0 Å². The molecule has 3 rings (SSSR count). The van der Waals surface area contributed by atoms with Gasteiger partial charge in [-0.1, -0.05) is 29.8 Å². The first-order chi connectivity index (χ1) is 12.4. The maximum Gasteiger partial charge on any atom is 0.254 e. The van der Waals surface area contributed by atoms with Crippen LogP contribution in [-0.4, -0.2) is 47.8 Å². The van der Waals surface area contributed by atoms with Gasteiger partial charge in [-0.15, -0.1) is 0 Å². The molecule has 1 aliphatic heterocycles. The van der Waals surface area contributed by atoms with Gasteiger partial charge in [0.05, 0.1) is 6.42 Å². The molecule has 26 heavy (non-hydrogen) atoms. The van der Waals surface area contributed by atoms with E-state index in [0.29, 0.717) is 43.2 Å². The second kappa shape index (κ2) is 7.87. The predicted molar refractivity (Wildman–Crippen MR) is 98.8 cm³/mol. The summed E-state index contributed by atoms with van der Waals surface area (Å²) >= 11 is 5.86. The van der Waals surface area contributed by atoms with Gasteiger partial charge < -0.3 is 9.80 Å². The monoisotopic (exact) mass is 374 g/mol. The molecule has 2 aromatic carbocycles. The lowest BCUT2D eigenvalue weighted by molar-refractivity contribution is -0.131. The Balaban J connectivity index is 1.58. The summed E-state index contributed by atoms with van der Waals surface area (Å²) in [6.07, 6.45) is 0.314. The summed E-state index contributed by atoms with van der Waals surface area (Å²) in [6.45, 7) is 3.64. The van der Waals surface area contributed by atoms with E-state index in [2.05, 4.69) is 0 Å². The van der Waals surface area contributed by atoms with Gasteiger partial charge in [0.25, 0.3) is 5.91 Å². The number of amides is 2. The van der Waals surface area contributed by atoms with Gasteiger partial charge in [-0.2, -0.15) is 0 Å². The zero-order chi connectivity index (χ0) is 18.7. The van der Waals surface area contributed by atoms with Gasteiger partial charge in [-0.25, -0.2) is 4.39 Å². The summed E-state index contributed by atoms with van der Waals surface area (Å²) in [5.74, 6) is -0.580. The smallest absolute Gasteiger partial charge is 0.254 e. The fourth-order valence-corrected chi connectivity index (χ4v) is 3.17. The van der Waals surface area contributed by atoms with E-state index in [1.54, 1.807) is 34.9 Å². The summed E-state index contributed by atoms with van der Waals surface area (Å²) in [6, 6.07) is 11.4. The van der Waals surface area contributed by atoms with E-state index in [0.717, 1.165) is 11.1 Å². The summed E-state index contributed by atoms with van der Waals surface area (Å²) in [7, 11) is 0. The first-order valence-electron chi connectivity index (χ1n) is 8.51. The van der Waals surface area contributed by atoms with E-state index in [1.165, 1.54) is 12.1 Å². The number of nitrogens with zero attached hydrogens (tertiary/aromatic N) is 2. The van der Waals surface area contributed by atoms with Crippen molar-refractivity contribution in [2.75, 3.05) is 26.2 Å². The molecule has 0 radical (unpaired) electrons. The molecule has 0 saturated carbocycles. The number of hydrogen-bond acceptors (Lipinski definition) is 2. The largest absolute Gasteiger partial charge is 0.339 e. The Hall–Kier alpha value is -2.40. The Kier molecular flexibility index (Phi) is 5.57. The third-order valence-corrected chi connectivity index (χ3v) is 4.87. The Morgan fingerprint density at radius 2 is 1.62 bits per heavy atom. The molecule has 0 N–H and O–H groups in total. The average molecular weight is 375 g/mol. The van der Waals surface area contributed by atoms with Crippen molar-refractivity contribution >= 4 is 23.4 Å². The first kappa shape index (κ1) is 18.4. The molecule has 0 aromatic heterocycles. The second-order valence-electron chi connectivity index (χ2n) is 6.44. The lowest BCUT2D eigenvalue weighted by atomic mass is 10.1. The molecule has 1 fully saturated rings. The summed E-state index contributed by atoms with van der Waals surface area (Å²) in [5.41, 5.74) is 2.04. The summed E-state index contributed by atoms with van der Waals surface area (Å²) in [4.78, 5) is 28.5. The predicted octanol–water partition coefficient (Wildman–Crippen LogP) is 3.31. The molecule has 0 spiro atoms. The Morgan fingerprint density at radius 3 is 2.27 bits per heavy atom. The van der Waals surface area contributed by atoms with Crippen LogP contribution in [0.15, 0.2) is 42.5 Å². The second-order valence-corrected chi connectivity index (χ2v) is 6.87. The lowest BCUT2D eigenvalue weighted by Crippen LogP contribution is -2.51. The highest BCUT2D eigenvalue weighted by atomic mass is 35.5. The number of halogens is 2. The Bertz CT molecular complexity index is 815. The third kappa shape index (κ3) is 4.22. The first-order valence-corrected chi connectivity index (χ1v) is 8.89. The standard InChI is InChI=1S/C20H20ClFN2O2/c1-14-2-7-17(22)13-18(14)20(26)24-10-8-23(9-11-24)19(25)12-15-3-5-16(21)6-4-15/h2-7,13H,8-12H2,1H3. The number of rotatable bonds is 3. The number of carbonyl (C=O) groups is 2. The molecule has 136 valence electrons. The van der Waals surface area contributed by atoms with Crippen molar-refractivity contribution in [3.63, 3.8) is 0 Å². The summed E-state index contributed by atoms with van der Waals surface area (Å²) < 4.78 is 13.4. The van der Waals surface area contributed by atoms with E-state index in [9.17, 15) is 14.0 Å². The van der Waals surface area contributed by atoms with E-state index in [1.807, 2.05) is 12.1 Å². The normalized spacial score (nSPS) is 14.4. The fourth-order valence-electron chi connectivity index (χ4n) is 3.04. The lowest BCUT2D eigenvalue weighted by Gasteiger charge is -2.35. The van der Waals surface area contributed by atoms with E-state index < -0.39 is 5.82 Å². The molecular weight excluding hydrogens is 355 g/mol. The van der Waals surface area contributed by atoms with Gasteiger partial charge >= 0.3 is 0 Å². The van der Waals surface area contributed by atoms with Crippen LogP contribution in [0, 0.1) is 12.7 Å². The van der Waals surface area contributed by atoms with Gasteiger partial charge in [-0.05, 0) is 42.3 Å². The van der Waals surface area contributed by atoms with E-state index in [4.69, 9.17) is 11.6 Å². The highest BCUT2D eigenvalue weighted by Gasteiger charge is 2.25. The molecule has 0 aliphatic carbocycles. The molecule has 4 nitrogen and oxygen atoms in total. The van der Waals surface area contributed by atoms with Gasteiger partial charge in [0.2, 0.25) is 5.91 Å². The van der Waals surface area contributed by atoms with Gasteiger partial charge in [0, 0.05) is 36.8 Å². The maximum absolute atomic E-state index is 13.4. The molecule has 0 bridgehead atoms. The SMILES string of the molecule is Cc1ccc(F)cc1C(=O)N1CCN(C(=O)Cc2ccc(Cl)cc2)CC1. The number of benzene rings is 2. The Morgan fingerprint density at radius 1 is 1.00 bits per heavy atom. The summed E-state index contributed by atoms with van der Waals surface area (Å²) in [5, 5.41) is 0.640. The molecule has 1 saturated heterocycles. The Labute approximate surface area is 157 Å². The minimum Gasteiger partial charge on any atom is -0.339 e. The van der Waals surface area contributed by atoms with Crippen molar-refractivity contribution in [1.82, 2.24) is 9.80 Å². The third-order valence-electron chi connectivity index (χ3n) is 4.62. The average Bonchev–Trinajstić information content (AvgIpc) is 2.65. The molecule has 2 amide bonds. The quantitative estimate of drug-likeness (QED) is 0.827.